The van der Waals surface area contributed by atoms with Crippen LogP contribution in [0.25, 0.3) is 0 Å². The topological polar surface area (TPSA) is 77.4 Å². The van der Waals surface area contributed by atoms with E-state index >= 15 is 0 Å². The average molecular weight is 421 g/mol. The van der Waals surface area contributed by atoms with E-state index in [2.05, 4.69) is 38.1 Å². The van der Waals surface area contributed by atoms with E-state index in [1.165, 1.54) is 11.1 Å². The Bertz CT molecular complexity index is 606. The second-order valence-corrected chi connectivity index (χ2v) is 6.31. The molecule has 6 heteroatoms. The predicted octanol–water partition coefficient (Wildman–Crippen LogP) is 3.62. The Kier molecular flexibility index (Phi) is 15.5. The van der Waals surface area contributed by atoms with Crippen molar-refractivity contribution in [3.8, 4) is 11.5 Å². The molecule has 6 nitrogen and oxygen atoms in total. The highest BCUT2D eigenvalue weighted by atomic mass is 16.5. The van der Waals surface area contributed by atoms with Gasteiger partial charge < -0.3 is 29.2 Å². The van der Waals surface area contributed by atoms with Crippen molar-refractivity contribution in [2.45, 2.75) is 26.7 Å². The zero-order valence-corrected chi connectivity index (χ0v) is 18.2. The van der Waals surface area contributed by atoms with Gasteiger partial charge in [0, 0.05) is 0 Å². The van der Waals surface area contributed by atoms with Gasteiger partial charge in [-0.3, -0.25) is 0 Å². The van der Waals surface area contributed by atoms with Gasteiger partial charge in [0.25, 0.3) is 0 Å². The second-order valence-electron chi connectivity index (χ2n) is 6.31. The zero-order valence-electron chi connectivity index (χ0n) is 18.2. The van der Waals surface area contributed by atoms with Gasteiger partial charge in [-0.1, -0.05) is 50.2 Å². The van der Waals surface area contributed by atoms with E-state index in [9.17, 15) is 0 Å². The van der Waals surface area contributed by atoms with Crippen LogP contribution in [0.1, 0.15) is 25.0 Å². The van der Waals surface area contributed by atoms with Crippen molar-refractivity contribution in [1.82, 2.24) is 0 Å². The van der Waals surface area contributed by atoms with Crippen LogP contribution in [0.3, 0.4) is 0 Å². The molecule has 0 radical (unpaired) electrons. The first-order valence-corrected chi connectivity index (χ1v) is 10.5. The molecule has 0 spiro atoms. The molecule has 0 aliphatic carbocycles. The minimum Gasteiger partial charge on any atom is -0.457 e. The molecule has 2 aromatic carbocycles. The average Bonchev–Trinajstić information content (AvgIpc) is 2.79. The maximum Gasteiger partial charge on any atom is 0.130 e. The quantitative estimate of drug-likeness (QED) is 0.455. The van der Waals surface area contributed by atoms with Crippen LogP contribution < -0.4 is 4.74 Å². The Hall–Kier alpha value is -1.96. The first kappa shape index (κ1) is 26.1. The summed E-state index contributed by atoms with van der Waals surface area (Å²) in [5, 5.41) is 16.7. The second kappa shape index (κ2) is 17.9. The molecule has 0 fully saturated rings. The van der Waals surface area contributed by atoms with E-state index in [-0.39, 0.29) is 13.2 Å². The monoisotopic (exact) mass is 420 g/mol. The number of aryl methyl sites for hydroxylation is 2. The lowest BCUT2D eigenvalue weighted by Crippen LogP contribution is -2.11. The summed E-state index contributed by atoms with van der Waals surface area (Å²) in [5.41, 5.74) is 2.50. The van der Waals surface area contributed by atoms with Gasteiger partial charge in [0.1, 0.15) is 11.5 Å². The van der Waals surface area contributed by atoms with Crippen LogP contribution in [0, 0.1) is 0 Å². The van der Waals surface area contributed by atoms with Gasteiger partial charge >= 0.3 is 0 Å². The summed E-state index contributed by atoms with van der Waals surface area (Å²) in [6.07, 6.45) is 1.98. The largest absolute Gasteiger partial charge is 0.457 e. The number of aliphatic hydroxyl groups excluding tert-OH is 2. The summed E-state index contributed by atoms with van der Waals surface area (Å²) in [5.74, 6) is 1.94. The maximum atomic E-state index is 8.36. The number of para-hydroxylation sites is 2. The molecule has 168 valence electrons. The lowest BCUT2D eigenvalue weighted by Gasteiger charge is -2.12. The molecule has 2 N–H and O–H groups in total. The van der Waals surface area contributed by atoms with Crippen LogP contribution in [0.15, 0.2) is 48.5 Å². The van der Waals surface area contributed by atoms with Crippen molar-refractivity contribution in [2.24, 2.45) is 0 Å². The number of rotatable bonds is 14. The number of benzene rings is 2. The van der Waals surface area contributed by atoms with E-state index in [0.29, 0.717) is 39.6 Å². The van der Waals surface area contributed by atoms with Crippen LogP contribution in [0.5, 0.6) is 11.5 Å². The minimum absolute atomic E-state index is 0.0413. The van der Waals surface area contributed by atoms with Crippen LogP contribution in [0.2, 0.25) is 0 Å². The summed E-state index contributed by atoms with van der Waals surface area (Å²) in [4.78, 5) is 0. The van der Waals surface area contributed by atoms with Crippen molar-refractivity contribution >= 4 is 0 Å². The normalized spacial score (nSPS) is 10.4. The molecule has 2 rings (SSSR count). The number of hydrogen-bond donors (Lipinski definition) is 2. The smallest absolute Gasteiger partial charge is 0.130 e. The van der Waals surface area contributed by atoms with E-state index in [0.717, 1.165) is 24.3 Å². The fraction of sp³-hybridized carbons (Fsp3) is 0.500. The van der Waals surface area contributed by atoms with Gasteiger partial charge in [-0.05, 0) is 36.1 Å². The summed E-state index contributed by atoms with van der Waals surface area (Å²) in [6.45, 7) is 7.06. The molecule has 0 aromatic heterocycles. The highest BCUT2D eigenvalue weighted by Gasteiger charge is 2.05. The molecule has 0 amide bonds. The van der Waals surface area contributed by atoms with Crippen molar-refractivity contribution < 1.29 is 29.2 Å². The molecule has 0 atom stereocenters. The fourth-order valence-electron chi connectivity index (χ4n) is 2.58. The van der Waals surface area contributed by atoms with Crippen molar-refractivity contribution in [3.63, 3.8) is 0 Å². The Balaban J connectivity index is 0.000000314. The SMILES string of the molecule is CCc1ccccc1Oc1ccccc1CC.OCCOCCOCCOCCO. The number of hydrogen-bond acceptors (Lipinski definition) is 6. The Morgan fingerprint density at radius 3 is 1.30 bits per heavy atom. The maximum absolute atomic E-state index is 8.36. The fourth-order valence-corrected chi connectivity index (χ4v) is 2.58. The molecule has 30 heavy (non-hydrogen) atoms. The lowest BCUT2D eigenvalue weighted by atomic mass is 10.1. The molecule has 2 aromatic rings. The van der Waals surface area contributed by atoms with Crippen LogP contribution in [-0.2, 0) is 27.1 Å². The van der Waals surface area contributed by atoms with Crippen LogP contribution in [-0.4, -0.2) is 63.1 Å². The van der Waals surface area contributed by atoms with Crippen LogP contribution >= 0.6 is 0 Å². The van der Waals surface area contributed by atoms with Crippen molar-refractivity contribution in [2.75, 3.05) is 52.9 Å². The third-order valence-corrected chi connectivity index (χ3v) is 4.14. The first-order valence-electron chi connectivity index (χ1n) is 10.5. The summed E-state index contributed by atoms with van der Waals surface area (Å²) in [6, 6.07) is 16.4. The van der Waals surface area contributed by atoms with E-state index in [4.69, 9.17) is 29.2 Å². The summed E-state index contributed by atoms with van der Waals surface area (Å²) >= 11 is 0. The molecular formula is C24H36O6. The van der Waals surface area contributed by atoms with Gasteiger partial charge in [0.05, 0.1) is 52.9 Å². The minimum atomic E-state index is 0.0413. The third-order valence-electron chi connectivity index (χ3n) is 4.14. The number of aliphatic hydroxyl groups is 2. The Labute approximate surface area is 180 Å². The van der Waals surface area contributed by atoms with Gasteiger partial charge in [0.2, 0.25) is 0 Å². The standard InChI is InChI=1S/C16H18O.C8H18O5/c1-3-13-9-5-7-11-15(13)17-16-12-8-6-10-14(16)4-2;9-1-3-11-5-7-13-8-6-12-4-2-10/h5-12H,3-4H2,1-2H3;9-10H,1-8H2. The van der Waals surface area contributed by atoms with Gasteiger partial charge in [-0.2, -0.15) is 0 Å². The highest BCUT2D eigenvalue weighted by Crippen LogP contribution is 2.28. The highest BCUT2D eigenvalue weighted by molar-refractivity contribution is 5.41. The number of ether oxygens (including phenoxy) is 4. The van der Waals surface area contributed by atoms with Crippen molar-refractivity contribution in [1.29, 1.82) is 0 Å². The first-order chi connectivity index (χ1) is 14.8. The lowest BCUT2D eigenvalue weighted by molar-refractivity contribution is 0.00230. The third kappa shape index (κ3) is 11.3. The van der Waals surface area contributed by atoms with E-state index in [1.807, 2.05) is 24.3 Å². The Morgan fingerprint density at radius 2 is 0.933 bits per heavy atom. The Morgan fingerprint density at radius 1 is 0.567 bits per heavy atom. The van der Waals surface area contributed by atoms with Crippen molar-refractivity contribution in [3.05, 3.63) is 59.7 Å². The van der Waals surface area contributed by atoms with Crippen LogP contribution in [0.4, 0.5) is 0 Å². The molecule has 0 unspecified atom stereocenters. The van der Waals surface area contributed by atoms with Gasteiger partial charge in [-0.25, -0.2) is 0 Å². The van der Waals surface area contributed by atoms with E-state index in [1.54, 1.807) is 0 Å². The molecule has 0 aliphatic heterocycles. The van der Waals surface area contributed by atoms with E-state index < -0.39 is 0 Å². The zero-order chi connectivity index (χ0) is 21.9. The summed E-state index contributed by atoms with van der Waals surface area (Å²) < 4.78 is 21.0. The molecule has 0 aliphatic rings. The van der Waals surface area contributed by atoms with Gasteiger partial charge in [0.15, 0.2) is 0 Å². The molecular weight excluding hydrogens is 384 g/mol. The molecule has 0 saturated carbocycles. The predicted molar refractivity (Wildman–Crippen MR) is 118 cm³/mol. The van der Waals surface area contributed by atoms with Gasteiger partial charge in [-0.15, -0.1) is 0 Å². The summed E-state index contributed by atoms with van der Waals surface area (Å²) in [7, 11) is 0. The molecule has 0 saturated heterocycles. The molecule has 0 heterocycles. The molecule has 0 bridgehead atoms.